The molecule has 1 aromatic carbocycles. The number of nitrogens with zero attached hydrogens (tertiary/aromatic N) is 1. The van der Waals surface area contributed by atoms with Gasteiger partial charge in [-0.15, -0.1) is 0 Å². The Kier molecular flexibility index (Phi) is 5.74. The first-order chi connectivity index (χ1) is 12.2. The molecule has 0 radical (unpaired) electrons. The summed E-state index contributed by atoms with van der Waals surface area (Å²) in [5.41, 5.74) is 1.75. The summed E-state index contributed by atoms with van der Waals surface area (Å²) in [6, 6.07) is 4.97. The maximum Gasteiger partial charge on any atom is 0.240 e. The molecule has 3 rings (SSSR count). The maximum atomic E-state index is 12.6. The highest BCUT2D eigenvalue weighted by Crippen LogP contribution is 2.25. The van der Waals surface area contributed by atoms with Crippen LogP contribution in [0, 0.1) is 0 Å². The third-order valence-electron chi connectivity index (χ3n) is 4.95. The van der Waals surface area contributed by atoms with Crippen LogP contribution in [0.2, 0.25) is 0 Å². The van der Waals surface area contributed by atoms with Crippen LogP contribution < -0.4 is 4.72 Å². The van der Waals surface area contributed by atoms with Crippen molar-refractivity contribution in [3.63, 3.8) is 0 Å². The average Bonchev–Trinajstić information content (AvgIpc) is 3.12. The Morgan fingerprint density at radius 3 is 2.65 bits per heavy atom. The molecular weight excluding hydrogens is 376 g/mol. The van der Waals surface area contributed by atoms with Crippen molar-refractivity contribution in [1.29, 1.82) is 0 Å². The van der Waals surface area contributed by atoms with Gasteiger partial charge >= 0.3 is 0 Å². The molecule has 0 bridgehead atoms. The minimum Gasteiger partial charge on any atom is -0.377 e. The fourth-order valence-corrected chi connectivity index (χ4v) is 5.66. The Morgan fingerprint density at radius 2 is 2.00 bits per heavy atom. The number of sulfonamides is 2. The van der Waals surface area contributed by atoms with Crippen molar-refractivity contribution in [3.8, 4) is 0 Å². The number of rotatable bonds is 6. The number of nitrogens with one attached hydrogen (secondary N) is 1. The molecule has 146 valence electrons. The van der Waals surface area contributed by atoms with Crippen LogP contribution in [0.4, 0.5) is 0 Å². The highest BCUT2D eigenvalue weighted by Gasteiger charge is 2.30. The van der Waals surface area contributed by atoms with E-state index in [4.69, 9.17) is 4.74 Å². The van der Waals surface area contributed by atoms with Crippen LogP contribution in [0.3, 0.4) is 0 Å². The van der Waals surface area contributed by atoms with Crippen LogP contribution in [0.1, 0.15) is 37.8 Å². The summed E-state index contributed by atoms with van der Waals surface area (Å²) in [6.45, 7) is 4.88. The van der Waals surface area contributed by atoms with Gasteiger partial charge in [0.25, 0.3) is 0 Å². The zero-order valence-corrected chi connectivity index (χ0v) is 16.8. The Morgan fingerprint density at radius 1 is 1.23 bits per heavy atom. The molecule has 0 amide bonds. The maximum absolute atomic E-state index is 12.6. The number of hydrogen-bond donors (Lipinski definition) is 1. The first-order valence-corrected chi connectivity index (χ1v) is 11.9. The molecule has 9 heteroatoms. The Labute approximate surface area is 155 Å². The molecule has 1 aromatic rings. The highest BCUT2D eigenvalue weighted by atomic mass is 32.2. The lowest BCUT2D eigenvalue weighted by molar-refractivity contribution is 0.114. The van der Waals surface area contributed by atoms with Crippen molar-refractivity contribution >= 4 is 20.0 Å². The van der Waals surface area contributed by atoms with E-state index < -0.39 is 25.3 Å². The molecule has 0 saturated carbocycles. The molecule has 0 unspecified atom stereocenters. The van der Waals surface area contributed by atoms with E-state index in [0.29, 0.717) is 19.6 Å². The molecule has 1 fully saturated rings. The molecule has 1 saturated heterocycles. The zero-order valence-electron chi connectivity index (χ0n) is 15.1. The normalized spacial score (nSPS) is 21.9. The van der Waals surface area contributed by atoms with E-state index in [1.807, 2.05) is 0 Å². The SMILES string of the molecule is CC(C)S(=O)(=O)N1CCc2ccc(S(=O)(=O)NC[C@H]3CCCO3)cc2C1. The van der Waals surface area contributed by atoms with Gasteiger partial charge in [0.2, 0.25) is 20.0 Å². The predicted molar refractivity (Wildman–Crippen MR) is 98.8 cm³/mol. The largest absolute Gasteiger partial charge is 0.377 e. The minimum absolute atomic E-state index is 0.0749. The second-order valence-electron chi connectivity index (χ2n) is 7.09. The summed E-state index contributed by atoms with van der Waals surface area (Å²) in [5, 5.41) is -0.496. The van der Waals surface area contributed by atoms with Gasteiger partial charge in [0.05, 0.1) is 16.2 Å². The van der Waals surface area contributed by atoms with Gasteiger partial charge in [-0.05, 0) is 56.4 Å². The average molecular weight is 403 g/mol. The van der Waals surface area contributed by atoms with Crippen molar-refractivity contribution in [3.05, 3.63) is 29.3 Å². The highest BCUT2D eigenvalue weighted by molar-refractivity contribution is 7.89. The second kappa shape index (κ2) is 7.55. The van der Waals surface area contributed by atoms with Crippen molar-refractivity contribution in [2.75, 3.05) is 19.7 Å². The smallest absolute Gasteiger partial charge is 0.240 e. The van der Waals surface area contributed by atoms with Gasteiger partial charge in [-0.3, -0.25) is 0 Å². The van der Waals surface area contributed by atoms with Crippen LogP contribution in [-0.2, 0) is 37.7 Å². The number of benzene rings is 1. The fourth-order valence-electron chi connectivity index (χ4n) is 3.28. The summed E-state index contributed by atoms with van der Waals surface area (Å²) in [6.07, 6.45) is 2.32. The lowest BCUT2D eigenvalue weighted by atomic mass is 10.0. The Balaban J connectivity index is 1.77. The molecule has 2 aliphatic heterocycles. The zero-order chi connectivity index (χ0) is 18.9. The lowest BCUT2D eigenvalue weighted by Crippen LogP contribution is -2.40. The van der Waals surface area contributed by atoms with Crippen LogP contribution in [0.25, 0.3) is 0 Å². The Hall–Kier alpha value is -1.00. The van der Waals surface area contributed by atoms with Crippen molar-refractivity contribution in [2.24, 2.45) is 0 Å². The van der Waals surface area contributed by atoms with E-state index in [0.717, 1.165) is 24.0 Å². The molecule has 26 heavy (non-hydrogen) atoms. The second-order valence-corrected chi connectivity index (χ2v) is 11.4. The summed E-state index contributed by atoms with van der Waals surface area (Å²) in [5.74, 6) is 0. The molecule has 2 heterocycles. The first-order valence-electron chi connectivity index (χ1n) is 8.92. The van der Waals surface area contributed by atoms with Crippen molar-refractivity contribution in [1.82, 2.24) is 9.03 Å². The third-order valence-corrected chi connectivity index (χ3v) is 8.59. The summed E-state index contributed by atoms with van der Waals surface area (Å²) in [4.78, 5) is 0.165. The van der Waals surface area contributed by atoms with Gasteiger partial charge in [0.1, 0.15) is 0 Å². The van der Waals surface area contributed by atoms with Gasteiger partial charge < -0.3 is 4.74 Å². The molecule has 2 aliphatic rings. The molecule has 1 N–H and O–H groups in total. The van der Waals surface area contributed by atoms with Gasteiger partial charge in [-0.2, -0.15) is 4.31 Å². The summed E-state index contributed by atoms with van der Waals surface area (Å²) in [7, 11) is -7.01. The monoisotopic (exact) mass is 402 g/mol. The topological polar surface area (TPSA) is 92.8 Å². The van der Waals surface area contributed by atoms with Gasteiger partial charge in [-0.1, -0.05) is 6.07 Å². The van der Waals surface area contributed by atoms with Crippen molar-refractivity contribution in [2.45, 2.75) is 55.9 Å². The van der Waals surface area contributed by atoms with E-state index >= 15 is 0 Å². The quantitative estimate of drug-likeness (QED) is 0.773. The molecule has 1 atom stereocenters. The van der Waals surface area contributed by atoms with E-state index in [-0.39, 0.29) is 24.1 Å². The summed E-state index contributed by atoms with van der Waals surface area (Å²) >= 11 is 0. The summed E-state index contributed by atoms with van der Waals surface area (Å²) < 4.78 is 59.4. The molecular formula is C17H26N2O5S2. The molecule has 0 aromatic heterocycles. The standard InChI is InChI=1S/C17H26N2O5S2/c1-13(2)26(22,23)19-8-7-14-5-6-17(10-15(14)12-19)25(20,21)18-11-16-4-3-9-24-16/h5-6,10,13,16,18H,3-4,7-9,11-12H2,1-2H3/t16-/m1/s1. The number of ether oxygens (including phenoxy) is 1. The lowest BCUT2D eigenvalue weighted by Gasteiger charge is -2.29. The number of hydrogen-bond acceptors (Lipinski definition) is 5. The van der Waals surface area contributed by atoms with Gasteiger partial charge in [0, 0.05) is 26.2 Å². The van der Waals surface area contributed by atoms with E-state index in [1.165, 1.54) is 4.31 Å². The third kappa shape index (κ3) is 4.12. The van der Waals surface area contributed by atoms with Crippen LogP contribution in [0.15, 0.2) is 23.1 Å². The molecule has 7 nitrogen and oxygen atoms in total. The first kappa shape index (κ1) is 19.8. The Bertz CT molecular complexity index is 859. The van der Waals surface area contributed by atoms with E-state index in [2.05, 4.69) is 4.72 Å². The van der Waals surface area contributed by atoms with Crippen LogP contribution in [0.5, 0.6) is 0 Å². The van der Waals surface area contributed by atoms with E-state index in [9.17, 15) is 16.8 Å². The fraction of sp³-hybridized carbons (Fsp3) is 0.647. The van der Waals surface area contributed by atoms with Crippen LogP contribution in [-0.4, -0.2) is 52.2 Å². The minimum atomic E-state index is -3.65. The van der Waals surface area contributed by atoms with Crippen LogP contribution >= 0.6 is 0 Å². The molecule has 0 spiro atoms. The van der Waals surface area contributed by atoms with Gasteiger partial charge in [-0.25, -0.2) is 21.6 Å². The van der Waals surface area contributed by atoms with Gasteiger partial charge in [0.15, 0.2) is 0 Å². The number of fused-ring (bicyclic) bond motifs is 1. The predicted octanol–water partition coefficient (Wildman–Crippen LogP) is 1.24. The van der Waals surface area contributed by atoms with E-state index in [1.54, 1.807) is 32.0 Å². The molecule has 0 aliphatic carbocycles. The van der Waals surface area contributed by atoms with Crippen molar-refractivity contribution < 1.29 is 21.6 Å².